The largest absolute Gasteiger partial charge is 0.466 e. The SMILES string of the molecule is CCOC(=O)C1(C)CCC(c2nc3c(-c4ccc(-c5ccccc5)nc4)cnn3c(N(COCC[Si](C)(C)C)COCC[Si](C)(C)C)c2C#N)CC1. The zero-order chi connectivity index (χ0) is 37.5. The number of aromatic nitrogens is 4. The Morgan fingerprint density at radius 2 is 1.58 bits per heavy atom. The van der Waals surface area contributed by atoms with Gasteiger partial charge >= 0.3 is 5.97 Å². The predicted octanol–water partition coefficient (Wildman–Crippen LogP) is 8.99. The molecule has 1 aliphatic rings. The number of ether oxygens (including phenoxy) is 3. The molecule has 52 heavy (non-hydrogen) atoms. The van der Waals surface area contributed by atoms with Crippen LogP contribution in [0.25, 0.3) is 28.0 Å². The van der Waals surface area contributed by atoms with Crippen molar-refractivity contribution in [3.63, 3.8) is 0 Å². The van der Waals surface area contributed by atoms with Crippen molar-refractivity contribution in [2.45, 2.75) is 96.8 Å². The minimum Gasteiger partial charge on any atom is -0.466 e. The van der Waals surface area contributed by atoms with Crippen LogP contribution in [0.4, 0.5) is 5.82 Å². The number of carbonyl (C=O) groups excluding carboxylic acids is 1. The van der Waals surface area contributed by atoms with Crippen LogP contribution in [0.1, 0.15) is 56.7 Å². The zero-order valence-electron chi connectivity index (χ0n) is 32.4. The number of esters is 1. The first kappa shape index (κ1) is 39.3. The van der Waals surface area contributed by atoms with E-state index < -0.39 is 21.6 Å². The van der Waals surface area contributed by atoms with Crippen molar-refractivity contribution >= 4 is 33.6 Å². The molecule has 0 atom stereocenters. The van der Waals surface area contributed by atoms with E-state index >= 15 is 0 Å². The summed E-state index contributed by atoms with van der Waals surface area (Å²) in [5.74, 6) is 0.437. The molecular formula is C40H56N6O4Si2. The first-order chi connectivity index (χ1) is 24.7. The van der Waals surface area contributed by atoms with Crippen molar-refractivity contribution in [3.05, 3.63) is 66.1 Å². The first-order valence-corrected chi connectivity index (χ1v) is 26.1. The van der Waals surface area contributed by atoms with Crippen molar-refractivity contribution in [2.75, 3.05) is 38.2 Å². The van der Waals surface area contributed by atoms with Crippen molar-refractivity contribution in [1.82, 2.24) is 19.6 Å². The summed E-state index contributed by atoms with van der Waals surface area (Å²) in [6.07, 6.45) is 6.41. The number of carbonyl (C=O) groups is 1. The van der Waals surface area contributed by atoms with E-state index in [-0.39, 0.29) is 25.3 Å². The standard InChI is InChI=1S/C40H56N6O4Si2/c1-9-50-39(47)40(2)19-17-31(18-20-40)36-33(25-41)38(45(28-48-21-23-51(3,4)5)29-49-22-24-52(6,7)8)46-37(44-36)34(27-43-46)32-15-16-35(42-26-32)30-13-11-10-12-14-30/h10-16,26-27,31H,9,17-24,28-29H2,1-8H3. The average molecular weight is 741 g/mol. The lowest BCUT2D eigenvalue weighted by Crippen LogP contribution is -2.35. The Hall–Kier alpha value is -3.90. The van der Waals surface area contributed by atoms with Crippen LogP contribution in [0.2, 0.25) is 51.4 Å². The molecule has 10 nitrogen and oxygen atoms in total. The molecule has 278 valence electrons. The Bertz CT molecular complexity index is 1810. The van der Waals surface area contributed by atoms with Gasteiger partial charge in [0.1, 0.15) is 25.1 Å². The molecule has 5 rings (SSSR count). The molecule has 0 spiro atoms. The Balaban J connectivity index is 1.59. The molecule has 0 amide bonds. The highest BCUT2D eigenvalue weighted by molar-refractivity contribution is 6.76. The van der Waals surface area contributed by atoms with E-state index in [9.17, 15) is 10.1 Å². The molecule has 1 aliphatic carbocycles. The number of pyridine rings is 1. The number of benzene rings is 1. The Morgan fingerprint density at radius 3 is 2.12 bits per heavy atom. The van der Waals surface area contributed by atoms with Crippen LogP contribution in [-0.2, 0) is 19.0 Å². The van der Waals surface area contributed by atoms with Gasteiger partial charge in [0.15, 0.2) is 11.5 Å². The fourth-order valence-corrected chi connectivity index (χ4v) is 8.04. The number of rotatable bonds is 16. The van der Waals surface area contributed by atoms with Crippen molar-refractivity contribution in [2.24, 2.45) is 5.41 Å². The van der Waals surface area contributed by atoms with E-state index in [4.69, 9.17) is 29.3 Å². The lowest BCUT2D eigenvalue weighted by Gasteiger charge is -2.35. The second kappa shape index (κ2) is 16.8. The van der Waals surface area contributed by atoms with Gasteiger partial charge in [0, 0.05) is 58.2 Å². The van der Waals surface area contributed by atoms with Gasteiger partial charge in [-0.1, -0.05) is 75.7 Å². The molecule has 1 aromatic carbocycles. The van der Waals surface area contributed by atoms with Crippen molar-refractivity contribution < 1.29 is 19.0 Å². The number of nitrogens with zero attached hydrogens (tertiary/aromatic N) is 6. The predicted molar refractivity (Wildman–Crippen MR) is 213 cm³/mol. The van der Waals surface area contributed by atoms with Gasteiger partial charge in [-0.3, -0.25) is 9.78 Å². The highest BCUT2D eigenvalue weighted by atomic mass is 28.3. The highest BCUT2D eigenvalue weighted by Gasteiger charge is 2.41. The van der Waals surface area contributed by atoms with Gasteiger partial charge in [-0.2, -0.15) is 14.9 Å². The number of fused-ring (bicyclic) bond motifs is 1. The Morgan fingerprint density at radius 1 is 0.942 bits per heavy atom. The molecule has 4 aromatic rings. The fraction of sp³-hybridized carbons (Fsp3) is 0.525. The summed E-state index contributed by atoms with van der Waals surface area (Å²) in [6, 6.07) is 18.8. The molecule has 1 saturated carbocycles. The lowest BCUT2D eigenvalue weighted by molar-refractivity contribution is -0.156. The van der Waals surface area contributed by atoms with Crippen LogP contribution < -0.4 is 4.90 Å². The highest BCUT2D eigenvalue weighted by Crippen LogP contribution is 2.45. The summed E-state index contributed by atoms with van der Waals surface area (Å²) >= 11 is 0. The molecule has 1 fully saturated rings. The molecule has 0 radical (unpaired) electrons. The van der Waals surface area contributed by atoms with Crippen molar-refractivity contribution in [3.8, 4) is 28.5 Å². The van der Waals surface area contributed by atoms with E-state index in [0.717, 1.165) is 40.2 Å². The number of hydrogen-bond donors (Lipinski definition) is 0. The molecule has 0 N–H and O–H groups in total. The third-order valence-corrected chi connectivity index (χ3v) is 13.3. The summed E-state index contributed by atoms with van der Waals surface area (Å²) in [4.78, 5) is 25.0. The molecule has 12 heteroatoms. The zero-order valence-corrected chi connectivity index (χ0v) is 34.4. The van der Waals surface area contributed by atoms with Crippen LogP contribution in [0.5, 0.6) is 0 Å². The molecule has 0 bridgehead atoms. The van der Waals surface area contributed by atoms with Gasteiger partial charge in [0.25, 0.3) is 0 Å². The molecule has 0 unspecified atom stereocenters. The number of anilines is 1. The minimum atomic E-state index is -1.33. The topological polar surface area (TPSA) is 115 Å². The maximum Gasteiger partial charge on any atom is 0.311 e. The quantitative estimate of drug-likeness (QED) is 0.0481. The van der Waals surface area contributed by atoms with Crippen LogP contribution in [0, 0.1) is 16.7 Å². The number of hydrogen-bond acceptors (Lipinski definition) is 9. The molecule has 3 heterocycles. The second-order valence-electron chi connectivity index (χ2n) is 16.7. The van der Waals surface area contributed by atoms with Crippen LogP contribution in [0.15, 0.2) is 54.9 Å². The smallest absolute Gasteiger partial charge is 0.311 e. The summed E-state index contributed by atoms with van der Waals surface area (Å²) in [6.45, 7) is 20.0. The number of nitriles is 1. The van der Waals surface area contributed by atoms with Gasteiger partial charge in [-0.05, 0) is 57.7 Å². The maximum atomic E-state index is 12.9. The third kappa shape index (κ3) is 9.75. The fourth-order valence-electron chi connectivity index (χ4n) is 6.53. The van der Waals surface area contributed by atoms with Gasteiger partial charge in [-0.25, -0.2) is 4.98 Å². The molecule has 0 aliphatic heterocycles. The van der Waals surface area contributed by atoms with Crippen LogP contribution in [-0.4, -0.2) is 75.0 Å². The summed E-state index contributed by atoms with van der Waals surface area (Å²) in [7, 11) is -2.66. The average Bonchev–Trinajstić information content (AvgIpc) is 3.54. The summed E-state index contributed by atoms with van der Waals surface area (Å²) in [5.41, 5.74) is 4.91. The van der Waals surface area contributed by atoms with E-state index in [1.165, 1.54) is 0 Å². The normalized spacial score (nSPS) is 17.9. The van der Waals surface area contributed by atoms with Gasteiger partial charge in [0.05, 0.1) is 29.6 Å². The van der Waals surface area contributed by atoms with Crippen molar-refractivity contribution in [1.29, 1.82) is 5.26 Å². The Kier molecular flexibility index (Phi) is 12.7. The van der Waals surface area contributed by atoms with E-state index in [0.29, 0.717) is 62.5 Å². The third-order valence-electron chi connectivity index (χ3n) is 9.94. The summed E-state index contributed by atoms with van der Waals surface area (Å²) in [5, 5.41) is 15.8. The lowest BCUT2D eigenvalue weighted by atomic mass is 9.70. The molecule has 0 saturated heterocycles. The minimum absolute atomic E-state index is 0.0234. The first-order valence-electron chi connectivity index (χ1n) is 18.6. The Labute approximate surface area is 311 Å². The van der Waals surface area contributed by atoms with E-state index in [1.54, 1.807) is 4.52 Å². The van der Waals surface area contributed by atoms with Crippen LogP contribution in [0.3, 0.4) is 0 Å². The van der Waals surface area contributed by atoms with Gasteiger partial charge in [0.2, 0.25) is 0 Å². The van der Waals surface area contributed by atoms with Gasteiger partial charge < -0.3 is 19.1 Å². The molecular weight excluding hydrogens is 685 g/mol. The maximum absolute atomic E-state index is 12.9. The molecule has 3 aromatic heterocycles. The van der Waals surface area contributed by atoms with Crippen LogP contribution >= 0.6 is 0 Å². The van der Waals surface area contributed by atoms with E-state index in [2.05, 4.69) is 45.4 Å². The van der Waals surface area contributed by atoms with E-state index in [1.807, 2.05) is 73.6 Å². The monoisotopic (exact) mass is 740 g/mol. The van der Waals surface area contributed by atoms with Gasteiger partial charge in [-0.15, -0.1) is 0 Å². The summed E-state index contributed by atoms with van der Waals surface area (Å²) < 4.78 is 19.9. The second-order valence-corrected chi connectivity index (χ2v) is 27.9.